The minimum atomic E-state index is 0.273. The zero-order valence-electron chi connectivity index (χ0n) is 9.27. The van der Waals surface area contributed by atoms with Crippen LogP contribution in [0.2, 0.25) is 0 Å². The molecular formula is C13H11BrN2S. The molecule has 1 aromatic heterocycles. The van der Waals surface area contributed by atoms with Gasteiger partial charge in [0.15, 0.2) is 0 Å². The van der Waals surface area contributed by atoms with Crippen LogP contribution < -0.4 is 5.32 Å². The number of nitrogens with one attached hydrogen (secondary N) is 1. The number of thiophene rings is 1. The van der Waals surface area contributed by atoms with Gasteiger partial charge in [-0.25, -0.2) is 0 Å². The highest BCUT2D eigenvalue weighted by molar-refractivity contribution is 9.10. The number of rotatable bonds is 3. The average Bonchev–Trinajstić information content (AvgIpc) is 2.82. The maximum Gasteiger partial charge on any atom is 0.100 e. The number of benzene rings is 1. The molecule has 0 saturated carbocycles. The number of nitriles is 1. The Hall–Kier alpha value is -1.31. The summed E-state index contributed by atoms with van der Waals surface area (Å²) in [6.45, 7) is 2.12. The molecule has 4 heteroatoms. The van der Waals surface area contributed by atoms with Gasteiger partial charge in [-0.05, 0) is 52.5 Å². The predicted molar refractivity (Wildman–Crippen MR) is 75.2 cm³/mol. The largest absolute Gasteiger partial charge is 0.378 e. The first-order valence-electron chi connectivity index (χ1n) is 5.20. The highest BCUT2D eigenvalue weighted by atomic mass is 79.9. The standard InChI is InChI=1S/C13H11BrN2S/c1-9(13-3-2-6-17-13)16-11-5-4-10(8-15)12(14)7-11/h2-7,9,16H,1H3. The third kappa shape index (κ3) is 2.87. The Morgan fingerprint density at radius 3 is 2.82 bits per heavy atom. The van der Waals surface area contributed by atoms with Crippen LogP contribution in [-0.2, 0) is 0 Å². The van der Waals surface area contributed by atoms with Crippen LogP contribution in [0.25, 0.3) is 0 Å². The van der Waals surface area contributed by atoms with Gasteiger partial charge >= 0.3 is 0 Å². The number of halogens is 1. The summed E-state index contributed by atoms with van der Waals surface area (Å²) in [7, 11) is 0. The van der Waals surface area contributed by atoms with E-state index in [1.807, 2.05) is 24.3 Å². The van der Waals surface area contributed by atoms with E-state index in [0.29, 0.717) is 5.56 Å². The maximum atomic E-state index is 8.84. The highest BCUT2D eigenvalue weighted by Crippen LogP contribution is 2.26. The third-order valence-corrected chi connectivity index (χ3v) is 4.15. The minimum absolute atomic E-state index is 0.273. The van der Waals surface area contributed by atoms with Gasteiger partial charge in [0.2, 0.25) is 0 Å². The van der Waals surface area contributed by atoms with E-state index in [1.54, 1.807) is 11.3 Å². The smallest absolute Gasteiger partial charge is 0.100 e. The van der Waals surface area contributed by atoms with E-state index in [1.165, 1.54) is 4.88 Å². The minimum Gasteiger partial charge on any atom is -0.378 e. The molecular weight excluding hydrogens is 296 g/mol. The third-order valence-electron chi connectivity index (χ3n) is 2.44. The fraction of sp³-hybridized carbons (Fsp3) is 0.154. The number of hydrogen-bond donors (Lipinski definition) is 1. The van der Waals surface area contributed by atoms with E-state index in [4.69, 9.17) is 5.26 Å². The van der Waals surface area contributed by atoms with Gasteiger partial charge in [-0.1, -0.05) is 6.07 Å². The van der Waals surface area contributed by atoms with Crippen LogP contribution in [0.4, 0.5) is 5.69 Å². The molecule has 0 amide bonds. The van der Waals surface area contributed by atoms with E-state index in [-0.39, 0.29) is 6.04 Å². The van der Waals surface area contributed by atoms with Gasteiger partial charge in [0.1, 0.15) is 6.07 Å². The summed E-state index contributed by atoms with van der Waals surface area (Å²) < 4.78 is 0.823. The van der Waals surface area contributed by atoms with E-state index in [9.17, 15) is 0 Å². The van der Waals surface area contributed by atoms with Crippen molar-refractivity contribution in [1.29, 1.82) is 5.26 Å². The number of nitrogens with zero attached hydrogens (tertiary/aromatic N) is 1. The van der Waals surface area contributed by atoms with Crippen molar-refractivity contribution in [2.24, 2.45) is 0 Å². The van der Waals surface area contributed by atoms with Crippen LogP contribution in [0.1, 0.15) is 23.4 Å². The number of anilines is 1. The molecule has 86 valence electrons. The molecule has 0 fully saturated rings. The average molecular weight is 307 g/mol. The molecule has 1 unspecified atom stereocenters. The predicted octanol–water partition coefficient (Wildman–Crippen LogP) is 4.56. The first-order valence-corrected chi connectivity index (χ1v) is 6.87. The molecule has 1 aromatic carbocycles. The van der Waals surface area contributed by atoms with Crippen molar-refractivity contribution in [1.82, 2.24) is 0 Å². The van der Waals surface area contributed by atoms with Crippen molar-refractivity contribution in [3.05, 3.63) is 50.6 Å². The molecule has 0 radical (unpaired) electrons. The fourth-order valence-corrected chi connectivity index (χ4v) is 2.76. The molecule has 1 atom stereocenters. The number of hydrogen-bond acceptors (Lipinski definition) is 3. The van der Waals surface area contributed by atoms with Crippen molar-refractivity contribution in [3.8, 4) is 6.07 Å². The van der Waals surface area contributed by atoms with Crippen LogP contribution >= 0.6 is 27.3 Å². The Bertz CT molecular complexity index is 543. The normalized spacial score (nSPS) is 11.8. The first-order chi connectivity index (χ1) is 8.20. The Morgan fingerprint density at radius 1 is 1.41 bits per heavy atom. The van der Waals surface area contributed by atoms with Crippen LogP contribution in [0.5, 0.6) is 0 Å². The van der Waals surface area contributed by atoms with E-state index in [2.05, 4.69) is 45.7 Å². The lowest BCUT2D eigenvalue weighted by Crippen LogP contribution is -2.04. The Labute approximate surface area is 113 Å². The molecule has 0 bridgehead atoms. The summed E-state index contributed by atoms with van der Waals surface area (Å²) in [5.74, 6) is 0. The second kappa shape index (κ2) is 5.35. The van der Waals surface area contributed by atoms with Gasteiger partial charge in [0.25, 0.3) is 0 Å². The molecule has 0 aliphatic heterocycles. The van der Waals surface area contributed by atoms with E-state index < -0.39 is 0 Å². The lowest BCUT2D eigenvalue weighted by atomic mass is 10.2. The summed E-state index contributed by atoms with van der Waals surface area (Å²) >= 11 is 5.12. The van der Waals surface area contributed by atoms with Gasteiger partial charge in [-0.3, -0.25) is 0 Å². The summed E-state index contributed by atoms with van der Waals surface area (Å²) in [5.41, 5.74) is 1.66. The van der Waals surface area contributed by atoms with Crippen LogP contribution in [0.3, 0.4) is 0 Å². The Morgan fingerprint density at radius 2 is 2.24 bits per heavy atom. The zero-order chi connectivity index (χ0) is 12.3. The Balaban J connectivity index is 2.15. The summed E-state index contributed by atoms with van der Waals surface area (Å²) in [5, 5.41) is 14.3. The van der Waals surface area contributed by atoms with Crippen molar-refractivity contribution >= 4 is 33.0 Å². The lowest BCUT2D eigenvalue weighted by molar-refractivity contribution is 0.908. The lowest BCUT2D eigenvalue weighted by Gasteiger charge is -2.14. The van der Waals surface area contributed by atoms with Crippen molar-refractivity contribution < 1.29 is 0 Å². The first kappa shape index (κ1) is 12.2. The van der Waals surface area contributed by atoms with Gasteiger partial charge in [0, 0.05) is 15.0 Å². The van der Waals surface area contributed by atoms with Crippen molar-refractivity contribution in [2.45, 2.75) is 13.0 Å². The van der Waals surface area contributed by atoms with Crippen molar-refractivity contribution in [2.75, 3.05) is 5.32 Å². The fourth-order valence-electron chi connectivity index (χ4n) is 1.55. The second-order valence-electron chi connectivity index (χ2n) is 3.69. The molecule has 17 heavy (non-hydrogen) atoms. The van der Waals surface area contributed by atoms with Gasteiger partial charge in [-0.2, -0.15) is 5.26 Å². The second-order valence-corrected chi connectivity index (χ2v) is 5.52. The van der Waals surface area contributed by atoms with Crippen LogP contribution in [-0.4, -0.2) is 0 Å². The molecule has 0 aliphatic rings. The SMILES string of the molecule is CC(Nc1ccc(C#N)c(Br)c1)c1cccs1. The Kier molecular flexibility index (Phi) is 3.82. The maximum absolute atomic E-state index is 8.84. The molecule has 0 saturated heterocycles. The molecule has 1 N–H and O–H groups in total. The molecule has 0 spiro atoms. The monoisotopic (exact) mass is 306 g/mol. The molecule has 2 rings (SSSR count). The van der Waals surface area contributed by atoms with Crippen LogP contribution in [0.15, 0.2) is 40.2 Å². The summed E-state index contributed by atoms with van der Waals surface area (Å²) in [6.07, 6.45) is 0. The zero-order valence-corrected chi connectivity index (χ0v) is 11.7. The molecule has 0 aliphatic carbocycles. The summed E-state index contributed by atoms with van der Waals surface area (Å²) in [4.78, 5) is 1.30. The van der Waals surface area contributed by atoms with E-state index in [0.717, 1.165) is 10.2 Å². The summed E-state index contributed by atoms with van der Waals surface area (Å²) in [6, 6.07) is 12.2. The molecule has 2 nitrogen and oxygen atoms in total. The molecule has 2 aromatic rings. The highest BCUT2D eigenvalue weighted by Gasteiger charge is 2.07. The van der Waals surface area contributed by atoms with Gasteiger partial charge in [0.05, 0.1) is 11.6 Å². The quantitative estimate of drug-likeness (QED) is 0.902. The van der Waals surface area contributed by atoms with Gasteiger partial charge in [-0.15, -0.1) is 11.3 Å². The van der Waals surface area contributed by atoms with Crippen LogP contribution in [0, 0.1) is 11.3 Å². The topological polar surface area (TPSA) is 35.8 Å². The molecule has 1 heterocycles. The van der Waals surface area contributed by atoms with E-state index >= 15 is 0 Å². The van der Waals surface area contributed by atoms with Gasteiger partial charge < -0.3 is 5.32 Å². The van der Waals surface area contributed by atoms with Crippen molar-refractivity contribution in [3.63, 3.8) is 0 Å².